The Bertz CT molecular complexity index is 805. The normalized spacial score (nSPS) is 10.6. The average Bonchev–Trinajstić information content (AvgIpc) is 3.01. The molecule has 0 N–H and O–H groups in total. The first kappa shape index (κ1) is 15.2. The number of nitrogens with zero attached hydrogens (tertiary/aromatic N) is 3. The van der Waals surface area contributed by atoms with Crippen LogP contribution in [0.2, 0.25) is 0 Å². The van der Waals surface area contributed by atoms with E-state index in [1.807, 2.05) is 36.4 Å². The van der Waals surface area contributed by atoms with Gasteiger partial charge in [-0.2, -0.15) is 0 Å². The zero-order chi connectivity index (χ0) is 16.1. The highest BCUT2D eigenvalue weighted by Gasteiger charge is 2.10. The molecular weight excluding hydrogens is 314 g/mol. The van der Waals surface area contributed by atoms with E-state index >= 15 is 0 Å². The molecule has 0 atom stereocenters. The number of benzene rings is 2. The van der Waals surface area contributed by atoms with Crippen LogP contribution in [0, 0.1) is 10.1 Å². The Kier molecular flexibility index (Phi) is 4.68. The lowest BCUT2D eigenvalue weighted by Crippen LogP contribution is -1.89. The Morgan fingerprint density at radius 2 is 1.83 bits per heavy atom. The third-order valence-corrected chi connectivity index (χ3v) is 4.02. The van der Waals surface area contributed by atoms with Crippen LogP contribution in [0.3, 0.4) is 0 Å². The van der Waals surface area contributed by atoms with Crippen molar-refractivity contribution in [2.45, 2.75) is 17.4 Å². The second kappa shape index (κ2) is 7.06. The van der Waals surface area contributed by atoms with Crippen molar-refractivity contribution in [1.82, 2.24) is 10.2 Å². The number of nitro groups is 1. The minimum atomic E-state index is -0.404. The van der Waals surface area contributed by atoms with E-state index in [-0.39, 0.29) is 5.69 Å². The monoisotopic (exact) mass is 327 g/mol. The van der Waals surface area contributed by atoms with E-state index in [9.17, 15) is 10.1 Å². The van der Waals surface area contributed by atoms with Gasteiger partial charge in [-0.05, 0) is 11.1 Å². The summed E-state index contributed by atoms with van der Waals surface area (Å²) in [6.07, 6.45) is 0.589. The van der Waals surface area contributed by atoms with Crippen molar-refractivity contribution in [3.05, 3.63) is 81.7 Å². The van der Waals surface area contributed by atoms with Crippen LogP contribution in [0.1, 0.15) is 17.0 Å². The second-order valence-electron chi connectivity index (χ2n) is 4.84. The summed E-state index contributed by atoms with van der Waals surface area (Å²) in [5.74, 6) is 1.09. The van der Waals surface area contributed by atoms with Gasteiger partial charge in [-0.25, -0.2) is 0 Å². The van der Waals surface area contributed by atoms with Crippen LogP contribution in [-0.2, 0) is 12.2 Å². The van der Waals surface area contributed by atoms with Crippen molar-refractivity contribution in [3.63, 3.8) is 0 Å². The quantitative estimate of drug-likeness (QED) is 0.388. The van der Waals surface area contributed by atoms with Gasteiger partial charge in [0.1, 0.15) is 0 Å². The van der Waals surface area contributed by atoms with E-state index in [0.29, 0.717) is 23.3 Å². The molecule has 0 aliphatic heterocycles. The van der Waals surface area contributed by atoms with E-state index in [4.69, 9.17) is 4.42 Å². The fraction of sp³-hybridized carbons (Fsp3) is 0.125. The summed E-state index contributed by atoms with van der Waals surface area (Å²) in [7, 11) is 0. The summed E-state index contributed by atoms with van der Waals surface area (Å²) in [6.45, 7) is 0. The summed E-state index contributed by atoms with van der Waals surface area (Å²) in [5.41, 5.74) is 2.02. The molecule has 7 heteroatoms. The molecule has 0 spiro atoms. The Morgan fingerprint density at radius 3 is 2.61 bits per heavy atom. The first-order valence-electron chi connectivity index (χ1n) is 6.93. The van der Waals surface area contributed by atoms with Gasteiger partial charge in [0.25, 0.3) is 10.9 Å². The molecule has 0 fully saturated rings. The molecule has 3 rings (SSSR count). The Morgan fingerprint density at radius 1 is 1.04 bits per heavy atom. The fourth-order valence-corrected chi connectivity index (χ4v) is 2.77. The van der Waals surface area contributed by atoms with Gasteiger partial charge in [0.05, 0.1) is 11.3 Å². The third kappa shape index (κ3) is 4.17. The highest BCUT2D eigenvalue weighted by atomic mass is 32.2. The van der Waals surface area contributed by atoms with Crippen molar-refractivity contribution >= 4 is 17.4 Å². The number of rotatable bonds is 6. The lowest BCUT2D eigenvalue weighted by Gasteiger charge is -1.98. The summed E-state index contributed by atoms with van der Waals surface area (Å²) in [6, 6.07) is 16.4. The maximum Gasteiger partial charge on any atom is 0.276 e. The van der Waals surface area contributed by atoms with Gasteiger partial charge in [-0.15, -0.1) is 10.2 Å². The summed E-state index contributed by atoms with van der Waals surface area (Å²) >= 11 is 1.36. The molecule has 0 saturated carbocycles. The molecule has 0 bridgehead atoms. The number of nitro benzene ring substituents is 1. The molecule has 3 aromatic rings. The van der Waals surface area contributed by atoms with Crippen LogP contribution in [0.15, 0.2) is 64.2 Å². The average molecular weight is 327 g/mol. The molecule has 0 saturated heterocycles. The molecule has 0 aliphatic carbocycles. The highest BCUT2D eigenvalue weighted by molar-refractivity contribution is 7.98. The molecule has 23 heavy (non-hydrogen) atoms. The van der Waals surface area contributed by atoms with E-state index in [2.05, 4.69) is 10.2 Å². The molecule has 0 unspecified atom stereocenters. The van der Waals surface area contributed by atoms with E-state index in [1.165, 1.54) is 17.8 Å². The van der Waals surface area contributed by atoms with Crippen LogP contribution < -0.4 is 0 Å². The Labute approximate surface area is 136 Å². The van der Waals surface area contributed by atoms with Crippen LogP contribution in [0.25, 0.3) is 0 Å². The topological polar surface area (TPSA) is 82.1 Å². The molecule has 0 amide bonds. The molecule has 116 valence electrons. The van der Waals surface area contributed by atoms with Gasteiger partial charge < -0.3 is 4.42 Å². The number of hydrogen-bond donors (Lipinski definition) is 0. The van der Waals surface area contributed by atoms with E-state index < -0.39 is 4.92 Å². The predicted octanol–water partition coefficient (Wildman–Crippen LogP) is 3.86. The van der Waals surface area contributed by atoms with Crippen molar-refractivity contribution in [1.29, 1.82) is 0 Å². The number of hydrogen-bond acceptors (Lipinski definition) is 6. The highest BCUT2D eigenvalue weighted by Crippen LogP contribution is 2.24. The van der Waals surface area contributed by atoms with Gasteiger partial charge in [0.15, 0.2) is 0 Å². The largest absolute Gasteiger partial charge is 0.416 e. The zero-order valence-corrected chi connectivity index (χ0v) is 12.9. The summed E-state index contributed by atoms with van der Waals surface area (Å²) in [4.78, 5) is 10.4. The minimum absolute atomic E-state index is 0.0818. The second-order valence-corrected chi connectivity index (χ2v) is 5.77. The molecule has 0 radical (unpaired) electrons. The molecule has 1 heterocycles. The lowest BCUT2D eigenvalue weighted by molar-refractivity contribution is -0.384. The van der Waals surface area contributed by atoms with E-state index in [0.717, 1.165) is 11.1 Å². The Hall–Kier alpha value is -2.67. The van der Waals surface area contributed by atoms with Gasteiger partial charge in [-0.3, -0.25) is 10.1 Å². The molecular formula is C16H13N3O3S. The summed E-state index contributed by atoms with van der Waals surface area (Å²) < 4.78 is 5.59. The minimum Gasteiger partial charge on any atom is -0.416 e. The number of non-ortho nitro benzene ring substituents is 1. The maximum atomic E-state index is 10.8. The van der Waals surface area contributed by atoms with Gasteiger partial charge in [0, 0.05) is 17.9 Å². The standard InChI is InChI=1S/C16H13N3O3S/c20-19(21)14-8-4-7-13(9-14)11-23-16-18-17-15(22-16)10-12-5-2-1-3-6-12/h1-9H,10-11H2. The first-order chi connectivity index (χ1) is 11.2. The number of aromatic nitrogens is 2. The molecule has 6 nitrogen and oxygen atoms in total. The Balaban J connectivity index is 1.61. The van der Waals surface area contributed by atoms with Gasteiger partial charge in [0.2, 0.25) is 5.89 Å². The van der Waals surface area contributed by atoms with Gasteiger partial charge >= 0.3 is 0 Å². The van der Waals surface area contributed by atoms with Crippen LogP contribution >= 0.6 is 11.8 Å². The lowest BCUT2D eigenvalue weighted by atomic mass is 10.2. The molecule has 0 aliphatic rings. The zero-order valence-electron chi connectivity index (χ0n) is 12.1. The van der Waals surface area contributed by atoms with Crippen LogP contribution in [0.4, 0.5) is 5.69 Å². The van der Waals surface area contributed by atoms with Crippen LogP contribution in [0.5, 0.6) is 0 Å². The van der Waals surface area contributed by atoms with Crippen molar-refractivity contribution in [2.75, 3.05) is 0 Å². The van der Waals surface area contributed by atoms with Crippen LogP contribution in [-0.4, -0.2) is 15.1 Å². The first-order valence-corrected chi connectivity index (χ1v) is 7.92. The third-order valence-electron chi connectivity index (χ3n) is 3.13. The van der Waals surface area contributed by atoms with Gasteiger partial charge in [-0.1, -0.05) is 54.2 Å². The van der Waals surface area contributed by atoms with Crippen molar-refractivity contribution < 1.29 is 9.34 Å². The molecule has 1 aromatic heterocycles. The fourth-order valence-electron chi connectivity index (χ4n) is 2.04. The van der Waals surface area contributed by atoms with Crippen molar-refractivity contribution in [3.8, 4) is 0 Å². The maximum absolute atomic E-state index is 10.8. The van der Waals surface area contributed by atoms with E-state index in [1.54, 1.807) is 12.1 Å². The smallest absolute Gasteiger partial charge is 0.276 e. The predicted molar refractivity (Wildman–Crippen MR) is 86.2 cm³/mol. The number of thioether (sulfide) groups is 1. The SMILES string of the molecule is O=[N+]([O-])c1cccc(CSc2nnc(Cc3ccccc3)o2)c1. The summed E-state index contributed by atoms with van der Waals surface area (Å²) in [5, 5.41) is 19.2. The molecule has 2 aromatic carbocycles. The van der Waals surface area contributed by atoms with Crippen molar-refractivity contribution in [2.24, 2.45) is 0 Å².